The number of aryl methyl sites for hydroxylation is 1. The lowest BCUT2D eigenvalue weighted by atomic mass is 10.2. The summed E-state index contributed by atoms with van der Waals surface area (Å²) in [5.41, 5.74) is 1.89. The van der Waals surface area contributed by atoms with Crippen LogP contribution in [-0.2, 0) is 13.6 Å². The number of nitrogens with one attached hydrogen (secondary N) is 1. The number of pyridine rings is 1. The summed E-state index contributed by atoms with van der Waals surface area (Å²) in [7, 11) is 5.51. The lowest BCUT2D eigenvalue weighted by Crippen LogP contribution is -2.42. The summed E-state index contributed by atoms with van der Waals surface area (Å²) in [5.74, 6) is 0.328. The lowest BCUT2D eigenvalue weighted by Gasteiger charge is -2.19. The Balaban J connectivity index is 1.80. The van der Waals surface area contributed by atoms with Gasteiger partial charge < -0.3 is 10.2 Å². The molecule has 8 nitrogen and oxygen atoms in total. The molecule has 1 saturated carbocycles. The standard InChI is InChI=1S/C26H27N5O3/c1-28(2)19-13-11-18(12-14-19)27-21-15-22(32)29(3)24-23(21)25(33)30(16-17-9-10-17)26(34)31(24)20-7-5-4-6-8-20/h4-8,11-15,17,27H,9-10,16H2,1-3H3. The van der Waals surface area contributed by atoms with Crippen molar-refractivity contribution >= 4 is 28.1 Å². The molecule has 8 heteroatoms. The van der Waals surface area contributed by atoms with Crippen LogP contribution in [0.1, 0.15) is 12.8 Å². The Kier molecular flexibility index (Phi) is 5.36. The third kappa shape index (κ3) is 3.81. The second-order valence-electron chi connectivity index (χ2n) is 9.03. The zero-order chi connectivity index (χ0) is 24.0. The molecule has 0 spiro atoms. The molecule has 2 aromatic carbocycles. The van der Waals surface area contributed by atoms with Gasteiger partial charge in [-0.2, -0.15) is 0 Å². The number of aromatic nitrogens is 3. The van der Waals surface area contributed by atoms with Crippen molar-refractivity contribution in [2.75, 3.05) is 24.3 Å². The number of rotatable bonds is 6. The van der Waals surface area contributed by atoms with Crippen molar-refractivity contribution in [2.45, 2.75) is 19.4 Å². The Morgan fingerprint density at radius 2 is 1.65 bits per heavy atom. The molecule has 174 valence electrons. The van der Waals surface area contributed by atoms with Gasteiger partial charge in [0.1, 0.15) is 11.0 Å². The molecule has 5 rings (SSSR count). The highest BCUT2D eigenvalue weighted by Crippen LogP contribution is 2.30. The number of nitrogens with zero attached hydrogens (tertiary/aromatic N) is 4. The van der Waals surface area contributed by atoms with E-state index >= 15 is 0 Å². The van der Waals surface area contributed by atoms with Crippen LogP contribution in [0.25, 0.3) is 16.7 Å². The predicted octanol–water partition coefficient (Wildman–Crippen LogP) is 3.07. The lowest BCUT2D eigenvalue weighted by molar-refractivity contribution is 0.567. The van der Waals surface area contributed by atoms with Crippen LogP contribution < -0.4 is 27.0 Å². The SMILES string of the molecule is CN(C)c1ccc(Nc2cc(=O)n(C)c3c2c(=O)n(CC2CC2)c(=O)n3-c2ccccc2)cc1. The quantitative estimate of drug-likeness (QED) is 0.481. The molecule has 0 radical (unpaired) electrons. The van der Waals surface area contributed by atoms with E-state index in [2.05, 4.69) is 5.32 Å². The number of hydrogen-bond donors (Lipinski definition) is 1. The Labute approximate surface area is 196 Å². The highest BCUT2D eigenvalue weighted by Gasteiger charge is 2.26. The molecular weight excluding hydrogens is 430 g/mol. The van der Waals surface area contributed by atoms with Crippen LogP contribution in [0.5, 0.6) is 0 Å². The molecule has 1 fully saturated rings. The molecule has 0 bridgehead atoms. The number of para-hydroxylation sites is 1. The van der Waals surface area contributed by atoms with Crippen molar-refractivity contribution in [2.24, 2.45) is 13.0 Å². The molecular formula is C26H27N5O3. The Morgan fingerprint density at radius 3 is 2.26 bits per heavy atom. The van der Waals surface area contributed by atoms with Crippen molar-refractivity contribution in [1.29, 1.82) is 0 Å². The van der Waals surface area contributed by atoms with Gasteiger partial charge >= 0.3 is 5.69 Å². The van der Waals surface area contributed by atoms with Gasteiger partial charge in [-0.3, -0.25) is 18.7 Å². The Hall–Kier alpha value is -4.07. The van der Waals surface area contributed by atoms with E-state index in [0.717, 1.165) is 24.2 Å². The molecule has 1 aliphatic carbocycles. The minimum Gasteiger partial charge on any atom is -0.378 e. The second-order valence-corrected chi connectivity index (χ2v) is 9.03. The zero-order valence-corrected chi connectivity index (χ0v) is 19.5. The largest absolute Gasteiger partial charge is 0.378 e. The van der Waals surface area contributed by atoms with Crippen molar-refractivity contribution < 1.29 is 0 Å². The van der Waals surface area contributed by atoms with E-state index in [1.54, 1.807) is 19.2 Å². The van der Waals surface area contributed by atoms with E-state index in [0.29, 0.717) is 29.2 Å². The molecule has 0 unspecified atom stereocenters. The molecule has 1 N–H and O–H groups in total. The summed E-state index contributed by atoms with van der Waals surface area (Å²) >= 11 is 0. The average Bonchev–Trinajstić information content (AvgIpc) is 3.65. The average molecular weight is 458 g/mol. The van der Waals surface area contributed by atoms with Crippen LogP contribution in [0.2, 0.25) is 0 Å². The molecule has 2 heterocycles. The van der Waals surface area contributed by atoms with Crippen molar-refractivity contribution in [1.82, 2.24) is 13.7 Å². The number of fused-ring (bicyclic) bond motifs is 1. The van der Waals surface area contributed by atoms with E-state index in [9.17, 15) is 14.4 Å². The Morgan fingerprint density at radius 1 is 0.971 bits per heavy atom. The topological polar surface area (TPSA) is 81.3 Å². The van der Waals surface area contributed by atoms with Gasteiger partial charge in [0, 0.05) is 45.1 Å². The maximum absolute atomic E-state index is 13.7. The van der Waals surface area contributed by atoms with Crippen LogP contribution >= 0.6 is 0 Å². The van der Waals surface area contributed by atoms with Gasteiger partial charge in [-0.1, -0.05) is 18.2 Å². The van der Waals surface area contributed by atoms with Crippen LogP contribution in [0, 0.1) is 5.92 Å². The first-order valence-corrected chi connectivity index (χ1v) is 11.3. The molecule has 0 amide bonds. The fraction of sp³-hybridized carbons (Fsp3) is 0.269. The van der Waals surface area contributed by atoms with Crippen LogP contribution in [-0.4, -0.2) is 27.8 Å². The molecule has 0 atom stereocenters. The Bertz CT molecular complexity index is 1540. The summed E-state index contributed by atoms with van der Waals surface area (Å²) in [5, 5.41) is 3.56. The molecule has 0 aliphatic heterocycles. The third-order valence-electron chi connectivity index (χ3n) is 6.32. The number of anilines is 3. The van der Waals surface area contributed by atoms with E-state index in [1.807, 2.05) is 61.5 Å². The predicted molar refractivity (Wildman–Crippen MR) is 136 cm³/mol. The molecule has 4 aromatic rings. The first-order valence-electron chi connectivity index (χ1n) is 11.3. The summed E-state index contributed by atoms with van der Waals surface area (Å²) in [6.45, 7) is 0.375. The normalized spacial score (nSPS) is 13.3. The summed E-state index contributed by atoms with van der Waals surface area (Å²) in [6.07, 6.45) is 2.01. The van der Waals surface area contributed by atoms with Crippen molar-refractivity contribution in [3.8, 4) is 5.69 Å². The van der Waals surface area contributed by atoms with E-state index < -0.39 is 5.69 Å². The fourth-order valence-electron chi connectivity index (χ4n) is 4.22. The van der Waals surface area contributed by atoms with Gasteiger partial charge in [-0.15, -0.1) is 0 Å². The monoisotopic (exact) mass is 457 g/mol. The van der Waals surface area contributed by atoms with Crippen molar-refractivity contribution in [3.63, 3.8) is 0 Å². The van der Waals surface area contributed by atoms with Gasteiger partial charge in [0.15, 0.2) is 0 Å². The van der Waals surface area contributed by atoms with Gasteiger partial charge in [-0.05, 0) is 55.2 Å². The zero-order valence-electron chi connectivity index (χ0n) is 19.5. The van der Waals surface area contributed by atoms with Crippen LogP contribution in [0.3, 0.4) is 0 Å². The van der Waals surface area contributed by atoms with E-state index in [-0.39, 0.29) is 16.8 Å². The maximum Gasteiger partial charge on any atom is 0.337 e. The van der Waals surface area contributed by atoms with Crippen LogP contribution in [0.4, 0.5) is 17.1 Å². The van der Waals surface area contributed by atoms with Gasteiger partial charge in [-0.25, -0.2) is 9.36 Å². The fourth-order valence-corrected chi connectivity index (χ4v) is 4.22. The van der Waals surface area contributed by atoms with Gasteiger partial charge in [0.2, 0.25) is 0 Å². The van der Waals surface area contributed by atoms with Crippen molar-refractivity contribution in [3.05, 3.63) is 91.9 Å². The smallest absolute Gasteiger partial charge is 0.337 e. The summed E-state index contributed by atoms with van der Waals surface area (Å²) in [4.78, 5) is 42.2. The van der Waals surface area contributed by atoms with Gasteiger partial charge in [0.05, 0.1) is 11.4 Å². The minimum atomic E-state index is -0.432. The molecule has 1 aliphatic rings. The highest BCUT2D eigenvalue weighted by molar-refractivity contribution is 5.91. The molecule has 0 saturated heterocycles. The number of benzene rings is 2. The third-order valence-corrected chi connectivity index (χ3v) is 6.32. The molecule has 34 heavy (non-hydrogen) atoms. The van der Waals surface area contributed by atoms with Crippen LogP contribution in [0.15, 0.2) is 75.0 Å². The summed E-state index contributed by atoms with van der Waals surface area (Å²) < 4.78 is 4.16. The van der Waals surface area contributed by atoms with E-state index in [1.165, 1.54) is 19.8 Å². The van der Waals surface area contributed by atoms with Gasteiger partial charge in [0.25, 0.3) is 11.1 Å². The first-order chi connectivity index (χ1) is 16.3. The number of hydrogen-bond acceptors (Lipinski definition) is 5. The second kappa shape index (κ2) is 8.37. The highest BCUT2D eigenvalue weighted by atomic mass is 16.2. The molecule has 2 aromatic heterocycles. The first kappa shape index (κ1) is 21.8. The van der Waals surface area contributed by atoms with E-state index in [4.69, 9.17) is 0 Å². The summed E-state index contributed by atoms with van der Waals surface area (Å²) in [6, 6.07) is 18.3. The maximum atomic E-state index is 13.7. The minimum absolute atomic E-state index is 0.271.